The first kappa shape index (κ1) is 16.9. The van der Waals surface area contributed by atoms with Gasteiger partial charge in [-0.2, -0.15) is 0 Å². The summed E-state index contributed by atoms with van der Waals surface area (Å²) in [6, 6.07) is 1.71. The number of nitrogens with one attached hydrogen (secondary N) is 1. The number of amides is 1. The molecule has 1 aromatic rings. The standard InChI is InChI=1S/C15H21NO5/c1-9(2)12(14(19)21-15(3,4)5)16-13(18)10-6-7-11(17)20-8-10/h6-9,12H,1-5H3,(H,16,18)/t12-/m1/s1. The molecule has 1 rings (SSSR count). The predicted octanol–water partition coefficient (Wildman–Crippen LogP) is 1.74. The second-order valence-electron chi connectivity index (χ2n) is 6.07. The Morgan fingerprint density at radius 1 is 1.24 bits per heavy atom. The lowest BCUT2D eigenvalue weighted by Crippen LogP contribution is -2.47. The van der Waals surface area contributed by atoms with Crippen molar-refractivity contribution in [1.29, 1.82) is 0 Å². The van der Waals surface area contributed by atoms with Gasteiger partial charge in [0.2, 0.25) is 0 Å². The van der Waals surface area contributed by atoms with Crippen LogP contribution in [0.3, 0.4) is 0 Å². The zero-order chi connectivity index (χ0) is 16.2. The van der Waals surface area contributed by atoms with Crippen LogP contribution in [0.5, 0.6) is 0 Å². The van der Waals surface area contributed by atoms with Gasteiger partial charge in [-0.05, 0) is 32.8 Å². The average molecular weight is 295 g/mol. The SMILES string of the molecule is CC(C)[C@@H](NC(=O)c1ccc(=O)oc1)C(=O)OC(C)(C)C. The molecule has 6 nitrogen and oxygen atoms in total. The summed E-state index contributed by atoms with van der Waals surface area (Å²) < 4.78 is 9.92. The topological polar surface area (TPSA) is 85.6 Å². The minimum Gasteiger partial charge on any atom is -0.458 e. The summed E-state index contributed by atoms with van der Waals surface area (Å²) in [6.07, 6.45) is 1.06. The number of hydrogen-bond acceptors (Lipinski definition) is 5. The predicted molar refractivity (Wildman–Crippen MR) is 76.9 cm³/mol. The Bertz CT molecular complexity index is 548. The number of rotatable bonds is 4. The highest BCUT2D eigenvalue weighted by Gasteiger charge is 2.29. The quantitative estimate of drug-likeness (QED) is 0.855. The first-order valence-corrected chi connectivity index (χ1v) is 6.73. The van der Waals surface area contributed by atoms with Gasteiger partial charge in [0.05, 0.1) is 5.56 Å². The van der Waals surface area contributed by atoms with Crippen molar-refractivity contribution >= 4 is 11.9 Å². The smallest absolute Gasteiger partial charge is 0.335 e. The van der Waals surface area contributed by atoms with Gasteiger partial charge in [-0.25, -0.2) is 9.59 Å². The molecule has 0 aliphatic carbocycles. The van der Waals surface area contributed by atoms with Crippen LogP contribution in [0.25, 0.3) is 0 Å². The lowest BCUT2D eigenvalue weighted by Gasteiger charge is -2.26. The molecule has 1 N–H and O–H groups in total. The number of carbonyl (C=O) groups is 2. The second-order valence-corrected chi connectivity index (χ2v) is 6.07. The molecule has 0 spiro atoms. The van der Waals surface area contributed by atoms with E-state index >= 15 is 0 Å². The zero-order valence-corrected chi connectivity index (χ0v) is 12.9. The van der Waals surface area contributed by atoms with Gasteiger partial charge in [0, 0.05) is 6.07 Å². The van der Waals surface area contributed by atoms with Gasteiger partial charge in [0.15, 0.2) is 0 Å². The molecular formula is C15H21NO5. The highest BCUT2D eigenvalue weighted by molar-refractivity contribution is 5.96. The molecule has 0 saturated heterocycles. The zero-order valence-electron chi connectivity index (χ0n) is 12.9. The summed E-state index contributed by atoms with van der Waals surface area (Å²) >= 11 is 0. The van der Waals surface area contributed by atoms with E-state index in [2.05, 4.69) is 9.73 Å². The molecular weight excluding hydrogens is 274 g/mol. The lowest BCUT2D eigenvalue weighted by molar-refractivity contribution is -0.158. The highest BCUT2D eigenvalue weighted by Crippen LogP contribution is 2.13. The van der Waals surface area contributed by atoms with Crippen LogP contribution >= 0.6 is 0 Å². The summed E-state index contributed by atoms with van der Waals surface area (Å²) in [5.74, 6) is -1.13. The number of carbonyl (C=O) groups excluding carboxylic acids is 2. The number of hydrogen-bond donors (Lipinski definition) is 1. The fourth-order valence-electron chi connectivity index (χ4n) is 1.57. The summed E-state index contributed by atoms with van der Waals surface area (Å²) in [5.41, 5.74) is -1.00. The molecule has 0 unspecified atom stereocenters. The third kappa shape index (κ3) is 5.41. The van der Waals surface area contributed by atoms with Crippen molar-refractivity contribution in [1.82, 2.24) is 5.32 Å². The maximum atomic E-state index is 12.1. The van der Waals surface area contributed by atoms with Crippen molar-refractivity contribution in [2.45, 2.75) is 46.3 Å². The Hall–Kier alpha value is -2.11. The second kappa shape index (κ2) is 6.56. The molecule has 1 atom stereocenters. The van der Waals surface area contributed by atoms with Gasteiger partial charge in [0.1, 0.15) is 17.9 Å². The van der Waals surface area contributed by atoms with E-state index in [1.165, 1.54) is 6.07 Å². The van der Waals surface area contributed by atoms with Crippen molar-refractivity contribution in [2.75, 3.05) is 0 Å². The Kier molecular flexibility index (Phi) is 5.29. The molecule has 0 bridgehead atoms. The van der Waals surface area contributed by atoms with Crippen LogP contribution in [0.4, 0.5) is 0 Å². The first-order chi connectivity index (χ1) is 9.60. The monoisotopic (exact) mass is 295 g/mol. The molecule has 0 aliphatic rings. The van der Waals surface area contributed by atoms with Crippen molar-refractivity contribution in [3.63, 3.8) is 0 Å². The molecule has 0 fully saturated rings. The van der Waals surface area contributed by atoms with E-state index in [1.54, 1.807) is 34.6 Å². The molecule has 0 aromatic carbocycles. The fourth-order valence-corrected chi connectivity index (χ4v) is 1.57. The maximum Gasteiger partial charge on any atom is 0.335 e. The van der Waals surface area contributed by atoms with Gasteiger partial charge in [-0.1, -0.05) is 13.8 Å². The van der Waals surface area contributed by atoms with Gasteiger partial charge >= 0.3 is 11.6 Å². The van der Waals surface area contributed by atoms with E-state index in [0.29, 0.717) is 0 Å². The van der Waals surface area contributed by atoms with Crippen molar-refractivity contribution in [2.24, 2.45) is 5.92 Å². The first-order valence-electron chi connectivity index (χ1n) is 6.73. The lowest BCUT2D eigenvalue weighted by atomic mass is 10.0. The molecule has 1 heterocycles. The van der Waals surface area contributed by atoms with Gasteiger partial charge in [-0.3, -0.25) is 4.79 Å². The minimum absolute atomic E-state index is 0.139. The van der Waals surface area contributed by atoms with Crippen molar-refractivity contribution in [3.8, 4) is 0 Å². The summed E-state index contributed by atoms with van der Waals surface area (Å²) in [7, 11) is 0. The molecule has 21 heavy (non-hydrogen) atoms. The van der Waals surface area contributed by atoms with Crippen LogP contribution in [0, 0.1) is 5.92 Å². The van der Waals surface area contributed by atoms with Crippen LogP contribution < -0.4 is 10.9 Å². The number of ether oxygens (including phenoxy) is 1. The van der Waals surface area contributed by atoms with E-state index < -0.39 is 29.1 Å². The summed E-state index contributed by atoms with van der Waals surface area (Å²) in [6.45, 7) is 8.89. The molecule has 1 aromatic heterocycles. The molecule has 0 radical (unpaired) electrons. The van der Waals surface area contributed by atoms with Crippen LogP contribution in [-0.2, 0) is 9.53 Å². The van der Waals surface area contributed by atoms with Crippen LogP contribution in [0.2, 0.25) is 0 Å². The molecule has 0 saturated carbocycles. The van der Waals surface area contributed by atoms with Crippen LogP contribution in [-0.4, -0.2) is 23.5 Å². The third-order valence-corrected chi connectivity index (χ3v) is 2.58. The Labute approximate surface area is 123 Å². The van der Waals surface area contributed by atoms with Gasteiger partial charge in [0.25, 0.3) is 5.91 Å². The average Bonchev–Trinajstić information content (AvgIpc) is 2.33. The fraction of sp³-hybridized carbons (Fsp3) is 0.533. The van der Waals surface area contributed by atoms with Gasteiger partial charge in [-0.15, -0.1) is 0 Å². The Morgan fingerprint density at radius 2 is 1.86 bits per heavy atom. The molecule has 116 valence electrons. The van der Waals surface area contributed by atoms with Crippen LogP contribution in [0.15, 0.2) is 27.6 Å². The third-order valence-electron chi connectivity index (χ3n) is 2.58. The minimum atomic E-state index is -0.774. The normalized spacial score (nSPS) is 12.9. The molecule has 1 amide bonds. The Morgan fingerprint density at radius 3 is 2.29 bits per heavy atom. The maximum absolute atomic E-state index is 12.1. The summed E-state index contributed by atoms with van der Waals surface area (Å²) in [5, 5.41) is 2.60. The highest BCUT2D eigenvalue weighted by atomic mass is 16.6. The summed E-state index contributed by atoms with van der Waals surface area (Å²) in [4.78, 5) is 35.0. The molecule has 6 heteroatoms. The molecule has 0 aliphatic heterocycles. The van der Waals surface area contributed by atoms with Crippen molar-refractivity contribution in [3.05, 3.63) is 34.4 Å². The van der Waals surface area contributed by atoms with E-state index in [0.717, 1.165) is 12.3 Å². The van der Waals surface area contributed by atoms with E-state index in [-0.39, 0.29) is 11.5 Å². The van der Waals surface area contributed by atoms with Crippen LogP contribution in [0.1, 0.15) is 45.0 Å². The largest absolute Gasteiger partial charge is 0.458 e. The van der Waals surface area contributed by atoms with E-state index in [9.17, 15) is 14.4 Å². The van der Waals surface area contributed by atoms with Crippen molar-refractivity contribution < 1.29 is 18.7 Å². The number of esters is 1. The Balaban J connectivity index is 2.83. The van der Waals surface area contributed by atoms with E-state index in [1.807, 2.05) is 0 Å². The van der Waals surface area contributed by atoms with E-state index in [4.69, 9.17) is 4.74 Å². The van der Waals surface area contributed by atoms with Gasteiger partial charge < -0.3 is 14.5 Å².